The number of aliphatic hydroxyl groups is 1. The van der Waals surface area contributed by atoms with Crippen molar-refractivity contribution in [2.24, 2.45) is 11.8 Å². The molecule has 2 N–H and O–H groups in total. The molecule has 3 nitrogen and oxygen atoms in total. The number of likely N-dealkylation sites (tertiary alicyclic amines) is 1. The molecular weight excluding hydrogens is 200 g/mol. The third-order valence-corrected chi connectivity index (χ3v) is 3.76. The molecule has 1 aliphatic rings. The zero-order valence-corrected chi connectivity index (χ0v) is 10.9. The highest BCUT2D eigenvalue weighted by Crippen LogP contribution is 2.15. The van der Waals surface area contributed by atoms with Crippen molar-refractivity contribution < 1.29 is 5.11 Å². The third-order valence-electron chi connectivity index (χ3n) is 3.76. The molecule has 1 unspecified atom stereocenters. The molecule has 96 valence electrons. The zero-order valence-electron chi connectivity index (χ0n) is 10.9. The minimum absolute atomic E-state index is 0.375. The van der Waals surface area contributed by atoms with Gasteiger partial charge in [0.05, 0.1) is 0 Å². The van der Waals surface area contributed by atoms with Gasteiger partial charge in [-0.3, -0.25) is 0 Å². The number of nitrogens with one attached hydrogen (secondary N) is 1. The number of hydrogen-bond donors (Lipinski definition) is 2. The van der Waals surface area contributed by atoms with Gasteiger partial charge in [0, 0.05) is 19.7 Å². The molecule has 0 bridgehead atoms. The first-order valence-corrected chi connectivity index (χ1v) is 6.80. The molecule has 0 aromatic rings. The lowest BCUT2D eigenvalue weighted by Gasteiger charge is -2.31. The Morgan fingerprint density at radius 2 is 2.06 bits per heavy atom. The molecule has 1 atom stereocenters. The normalized spacial score (nSPS) is 21.2. The van der Waals surface area contributed by atoms with Gasteiger partial charge in [0.1, 0.15) is 0 Å². The van der Waals surface area contributed by atoms with Crippen LogP contribution in [0.3, 0.4) is 0 Å². The molecule has 0 radical (unpaired) electrons. The molecule has 1 heterocycles. The summed E-state index contributed by atoms with van der Waals surface area (Å²) in [6.45, 7) is 10.6. The van der Waals surface area contributed by atoms with Crippen LogP contribution in [0.15, 0.2) is 0 Å². The lowest BCUT2D eigenvalue weighted by Crippen LogP contribution is -2.39. The second-order valence-electron chi connectivity index (χ2n) is 5.19. The summed E-state index contributed by atoms with van der Waals surface area (Å²) in [5.74, 6) is 1.35. The highest BCUT2D eigenvalue weighted by Gasteiger charge is 2.17. The van der Waals surface area contributed by atoms with Gasteiger partial charge in [-0.15, -0.1) is 0 Å². The van der Waals surface area contributed by atoms with Gasteiger partial charge in [-0.25, -0.2) is 0 Å². The van der Waals surface area contributed by atoms with E-state index in [-0.39, 0.29) is 0 Å². The first kappa shape index (κ1) is 13.9. The molecule has 0 aromatic heterocycles. The summed E-state index contributed by atoms with van der Waals surface area (Å²) in [4.78, 5) is 2.51. The van der Waals surface area contributed by atoms with Gasteiger partial charge in [0.15, 0.2) is 0 Å². The van der Waals surface area contributed by atoms with Crippen LogP contribution < -0.4 is 5.32 Å². The van der Waals surface area contributed by atoms with Gasteiger partial charge < -0.3 is 15.3 Å². The number of hydrogen-bond acceptors (Lipinski definition) is 3. The molecule has 16 heavy (non-hydrogen) atoms. The fourth-order valence-electron chi connectivity index (χ4n) is 2.12. The van der Waals surface area contributed by atoms with E-state index in [4.69, 9.17) is 5.11 Å². The van der Waals surface area contributed by atoms with Gasteiger partial charge in [-0.05, 0) is 44.3 Å². The summed E-state index contributed by atoms with van der Waals surface area (Å²) in [5, 5.41) is 12.6. The van der Waals surface area contributed by atoms with Gasteiger partial charge in [0.25, 0.3) is 0 Å². The van der Waals surface area contributed by atoms with Crippen molar-refractivity contribution in [2.75, 3.05) is 39.3 Å². The van der Waals surface area contributed by atoms with E-state index in [1.54, 1.807) is 0 Å². The first-order valence-electron chi connectivity index (χ1n) is 6.80. The maximum atomic E-state index is 9.05. The predicted molar refractivity (Wildman–Crippen MR) is 68.6 cm³/mol. The van der Waals surface area contributed by atoms with E-state index < -0.39 is 0 Å². The molecule has 1 saturated heterocycles. The second kappa shape index (κ2) is 8.04. The Morgan fingerprint density at radius 3 is 2.62 bits per heavy atom. The summed E-state index contributed by atoms with van der Waals surface area (Å²) in [6.07, 6.45) is 3.60. The molecule has 3 heteroatoms. The lowest BCUT2D eigenvalue weighted by molar-refractivity contribution is 0.132. The van der Waals surface area contributed by atoms with Crippen molar-refractivity contribution in [1.29, 1.82) is 0 Å². The van der Waals surface area contributed by atoms with Crippen LogP contribution in [-0.4, -0.2) is 49.3 Å². The smallest absolute Gasteiger partial charge is 0.0460 e. The second-order valence-corrected chi connectivity index (χ2v) is 5.19. The van der Waals surface area contributed by atoms with Crippen molar-refractivity contribution >= 4 is 0 Å². The minimum atomic E-state index is 0.375. The first-order chi connectivity index (χ1) is 7.76. The largest absolute Gasteiger partial charge is 0.396 e. The van der Waals surface area contributed by atoms with E-state index in [0.29, 0.717) is 12.5 Å². The number of rotatable bonds is 7. The monoisotopic (exact) mass is 228 g/mol. The van der Waals surface area contributed by atoms with Crippen LogP contribution in [0.1, 0.15) is 33.1 Å². The Balaban J connectivity index is 1.98. The molecule has 0 aromatic carbocycles. The maximum Gasteiger partial charge on any atom is 0.0460 e. The standard InChI is InChI=1S/C13H28N2O/c1-3-12(2)10-14-6-9-15-7-4-13(11-16)5-8-15/h12-14,16H,3-11H2,1-2H3. The van der Waals surface area contributed by atoms with Crippen LogP contribution in [0, 0.1) is 11.8 Å². The third kappa shape index (κ3) is 5.28. The summed E-state index contributed by atoms with van der Waals surface area (Å²) >= 11 is 0. The van der Waals surface area contributed by atoms with E-state index in [2.05, 4.69) is 24.1 Å². The quantitative estimate of drug-likeness (QED) is 0.645. The van der Waals surface area contributed by atoms with Crippen molar-refractivity contribution in [3.8, 4) is 0 Å². The van der Waals surface area contributed by atoms with Crippen LogP contribution in [-0.2, 0) is 0 Å². The van der Waals surface area contributed by atoms with Crippen LogP contribution >= 0.6 is 0 Å². The number of nitrogens with zero attached hydrogens (tertiary/aromatic N) is 1. The highest BCUT2D eigenvalue weighted by molar-refractivity contribution is 4.72. The molecule has 0 aliphatic carbocycles. The van der Waals surface area contributed by atoms with Crippen LogP contribution in [0.5, 0.6) is 0 Å². The van der Waals surface area contributed by atoms with E-state index in [1.165, 1.54) is 19.3 Å². The zero-order chi connectivity index (χ0) is 11.8. The van der Waals surface area contributed by atoms with Crippen LogP contribution in [0.2, 0.25) is 0 Å². The molecule has 1 aliphatic heterocycles. The predicted octanol–water partition coefficient (Wildman–Crippen LogP) is 1.33. The highest BCUT2D eigenvalue weighted by atomic mass is 16.3. The molecule has 1 rings (SSSR count). The summed E-state index contributed by atoms with van der Waals surface area (Å²) in [5.41, 5.74) is 0. The Morgan fingerprint density at radius 1 is 1.38 bits per heavy atom. The Labute approximate surface area is 100 Å². The van der Waals surface area contributed by atoms with Crippen molar-refractivity contribution in [3.05, 3.63) is 0 Å². The maximum absolute atomic E-state index is 9.05. The SMILES string of the molecule is CCC(C)CNCCN1CCC(CO)CC1. The average Bonchev–Trinajstić information content (AvgIpc) is 2.35. The van der Waals surface area contributed by atoms with Crippen molar-refractivity contribution in [3.63, 3.8) is 0 Å². The van der Waals surface area contributed by atoms with E-state index in [1.807, 2.05) is 0 Å². The summed E-state index contributed by atoms with van der Waals surface area (Å²) < 4.78 is 0. The van der Waals surface area contributed by atoms with Gasteiger partial charge >= 0.3 is 0 Å². The average molecular weight is 228 g/mol. The molecule has 1 fully saturated rings. The molecular formula is C13H28N2O. The summed E-state index contributed by atoms with van der Waals surface area (Å²) in [7, 11) is 0. The van der Waals surface area contributed by atoms with E-state index in [0.717, 1.165) is 38.6 Å². The molecule has 0 amide bonds. The Kier molecular flexibility index (Phi) is 7.01. The van der Waals surface area contributed by atoms with Crippen LogP contribution in [0.25, 0.3) is 0 Å². The Hall–Kier alpha value is -0.120. The van der Waals surface area contributed by atoms with Gasteiger partial charge in [0.2, 0.25) is 0 Å². The topological polar surface area (TPSA) is 35.5 Å². The fraction of sp³-hybridized carbons (Fsp3) is 1.00. The minimum Gasteiger partial charge on any atom is -0.396 e. The Bertz CT molecular complexity index is 167. The summed E-state index contributed by atoms with van der Waals surface area (Å²) in [6, 6.07) is 0. The van der Waals surface area contributed by atoms with Gasteiger partial charge in [-0.2, -0.15) is 0 Å². The molecule has 0 saturated carbocycles. The lowest BCUT2D eigenvalue weighted by atomic mass is 9.98. The van der Waals surface area contributed by atoms with Crippen molar-refractivity contribution in [2.45, 2.75) is 33.1 Å². The van der Waals surface area contributed by atoms with Crippen LogP contribution in [0.4, 0.5) is 0 Å². The fourth-order valence-corrected chi connectivity index (χ4v) is 2.12. The number of aliphatic hydroxyl groups excluding tert-OH is 1. The van der Waals surface area contributed by atoms with E-state index >= 15 is 0 Å². The van der Waals surface area contributed by atoms with E-state index in [9.17, 15) is 0 Å². The number of piperidine rings is 1. The molecule has 0 spiro atoms. The van der Waals surface area contributed by atoms with Crippen molar-refractivity contribution in [1.82, 2.24) is 10.2 Å². The van der Waals surface area contributed by atoms with Gasteiger partial charge in [-0.1, -0.05) is 20.3 Å².